The standard InChI is InChI=1S/C13H17S.ClH/c1-2-7-13(8-3-1)9-6-12-14-10-4-5-11-14;/h1-3,6-9H,4-5,10-12H2;1H/q+1;/p-1/b9-6+;. The summed E-state index contributed by atoms with van der Waals surface area (Å²) in [4.78, 5) is 0. The second-order valence-corrected chi connectivity index (χ2v) is 6.08. The van der Waals surface area contributed by atoms with E-state index in [9.17, 15) is 0 Å². The third-order valence-corrected chi connectivity index (χ3v) is 4.95. The second-order valence-electron chi connectivity index (χ2n) is 3.71. The van der Waals surface area contributed by atoms with Crippen molar-refractivity contribution in [3.8, 4) is 0 Å². The third-order valence-electron chi connectivity index (χ3n) is 2.56. The fraction of sp³-hybridized carbons (Fsp3) is 0.385. The van der Waals surface area contributed by atoms with Gasteiger partial charge < -0.3 is 12.4 Å². The molecule has 1 aliphatic rings. The second kappa shape index (κ2) is 6.97. The Hall–Kier alpha value is -0.400. The highest BCUT2D eigenvalue weighted by Gasteiger charge is 2.21. The molecule has 0 spiro atoms. The first kappa shape index (κ1) is 12.7. The molecule has 2 heteroatoms. The molecule has 0 unspecified atom stereocenters. The van der Waals surface area contributed by atoms with Crippen LogP contribution in [0, 0.1) is 0 Å². The minimum absolute atomic E-state index is 0. The van der Waals surface area contributed by atoms with E-state index in [1.807, 2.05) is 0 Å². The van der Waals surface area contributed by atoms with Crippen molar-refractivity contribution >= 4 is 17.0 Å². The number of rotatable bonds is 3. The van der Waals surface area contributed by atoms with Gasteiger partial charge in [-0.05, 0) is 35.4 Å². The molecule has 1 aliphatic heterocycles. The Morgan fingerprint density at radius 2 is 1.73 bits per heavy atom. The molecule has 0 atom stereocenters. The van der Waals surface area contributed by atoms with Crippen LogP contribution in [0.3, 0.4) is 0 Å². The van der Waals surface area contributed by atoms with Crippen molar-refractivity contribution in [2.75, 3.05) is 17.3 Å². The Morgan fingerprint density at radius 3 is 2.40 bits per heavy atom. The molecule has 0 N–H and O–H groups in total. The van der Waals surface area contributed by atoms with Gasteiger partial charge in [-0.3, -0.25) is 0 Å². The Labute approximate surface area is 102 Å². The van der Waals surface area contributed by atoms with Gasteiger partial charge in [-0.15, -0.1) is 0 Å². The predicted octanol–water partition coefficient (Wildman–Crippen LogP) is 0.116. The number of hydrogen-bond acceptors (Lipinski definition) is 0. The third kappa shape index (κ3) is 4.31. The Kier molecular flexibility index (Phi) is 5.89. The molecule has 1 fully saturated rings. The van der Waals surface area contributed by atoms with E-state index in [4.69, 9.17) is 0 Å². The fourth-order valence-corrected chi connectivity index (χ4v) is 3.90. The lowest BCUT2D eigenvalue weighted by Crippen LogP contribution is -3.00. The van der Waals surface area contributed by atoms with Crippen LogP contribution in [-0.4, -0.2) is 17.3 Å². The van der Waals surface area contributed by atoms with E-state index in [0.29, 0.717) is 10.9 Å². The fourth-order valence-electron chi connectivity index (χ4n) is 1.77. The van der Waals surface area contributed by atoms with E-state index < -0.39 is 0 Å². The first-order chi connectivity index (χ1) is 6.95. The largest absolute Gasteiger partial charge is 1.00 e. The van der Waals surface area contributed by atoms with Crippen LogP contribution in [0.2, 0.25) is 0 Å². The summed E-state index contributed by atoms with van der Waals surface area (Å²) in [5.74, 6) is 4.24. The molecule has 1 heterocycles. The van der Waals surface area contributed by atoms with E-state index in [1.54, 1.807) is 0 Å². The highest BCUT2D eigenvalue weighted by molar-refractivity contribution is 7.97. The Bertz CT molecular complexity index is 289. The van der Waals surface area contributed by atoms with Gasteiger partial charge in [0.05, 0.1) is 0 Å². The van der Waals surface area contributed by atoms with Gasteiger partial charge in [0.15, 0.2) is 0 Å². The van der Waals surface area contributed by atoms with Gasteiger partial charge in [-0.25, -0.2) is 0 Å². The van der Waals surface area contributed by atoms with Gasteiger partial charge in [0, 0.05) is 0 Å². The summed E-state index contributed by atoms with van der Waals surface area (Å²) in [6, 6.07) is 10.6. The van der Waals surface area contributed by atoms with Gasteiger partial charge in [-0.2, -0.15) is 0 Å². The zero-order valence-corrected chi connectivity index (χ0v) is 10.4. The van der Waals surface area contributed by atoms with Crippen molar-refractivity contribution in [2.24, 2.45) is 0 Å². The molecule has 0 nitrogen and oxygen atoms in total. The summed E-state index contributed by atoms with van der Waals surface area (Å²) in [6.07, 6.45) is 7.53. The molecule has 0 aromatic heterocycles. The monoisotopic (exact) mass is 240 g/mol. The maximum absolute atomic E-state index is 2.35. The summed E-state index contributed by atoms with van der Waals surface area (Å²) >= 11 is 0. The minimum atomic E-state index is 0. The summed E-state index contributed by atoms with van der Waals surface area (Å²) in [5, 5.41) is 0. The van der Waals surface area contributed by atoms with Gasteiger partial charge in [0.1, 0.15) is 17.3 Å². The SMILES string of the molecule is C(=C\c1ccccc1)/C[S+]1CCCC1.[Cl-]. The highest BCUT2D eigenvalue weighted by Crippen LogP contribution is 2.14. The van der Waals surface area contributed by atoms with Crippen molar-refractivity contribution in [2.45, 2.75) is 12.8 Å². The van der Waals surface area contributed by atoms with Crippen molar-refractivity contribution in [1.29, 1.82) is 0 Å². The van der Waals surface area contributed by atoms with E-state index in [0.717, 1.165) is 0 Å². The van der Waals surface area contributed by atoms with Crippen molar-refractivity contribution in [1.82, 2.24) is 0 Å². The maximum Gasteiger partial charge on any atom is 0.126 e. The zero-order valence-electron chi connectivity index (χ0n) is 8.86. The number of benzene rings is 1. The minimum Gasteiger partial charge on any atom is -1.00 e. The molecular formula is C13H17ClS. The molecular weight excluding hydrogens is 224 g/mol. The maximum atomic E-state index is 2.35. The predicted molar refractivity (Wildman–Crippen MR) is 66.7 cm³/mol. The molecule has 15 heavy (non-hydrogen) atoms. The van der Waals surface area contributed by atoms with Crippen LogP contribution in [0.25, 0.3) is 6.08 Å². The molecule has 1 saturated heterocycles. The first-order valence-corrected chi connectivity index (χ1v) is 7.04. The van der Waals surface area contributed by atoms with Crippen molar-refractivity contribution < 1.29 is 12.4 Å². The first-order valence-electron chi connectivity index (χ1n) is 5.31. The average Bonchev–Trinajstić information content (AvgIpc) is 2.72. The molecule has 0 amide bonds. The van der Waals surface area contributed by atoms with Crippen LogP contribution < -0.4 is 12.4 Å². The topological polar surface area (TPSA) is 0 Å². The molecule has 1 aromatic rings. The molecule has 0 bridgehead atoms. The molecule has 82 valence electrons. The van der Waals surface area contributed by atoms with Crippen LogP contribution in [0.5, 0.6) is 0 Å². The van der Waals surface area contributed by atoms with E-state index >= 15 is 0 Å². The lowest BCUT2D eigenvalue weighted by Gasteiger charge is -1.95. The van der Waals surface area contributed by atoms with Crippen LogP contribution in [0.1, 0.15) is 18.4 Å². The van der Waals surface area contributed by atoms with Gasteiger partial charge in [0.2, 0.25) is 0 Å². The van der Waals surface area contributed by atoms with Crippen LogP contribution in [-0.2, 0) is 10.9 Å². The normalized spacial score (nSPS) is 16.8. The summed E-state index contributed by atoms with van der Waals surface area (Å²) < 4.78 is 0. The highest BCUT2D eigenvalue weighted by atomic mass is 35.5. The van der Waals surface area contributed by atoms with Crippen molar-refractivity contribution in [3.63, 3.8) is 0 Å². The molecule has 0 saturated carbocycles. The van der Waals surface area contributed by atoms with Gasteiger partial charge >= 0.3 is 0 Å². The van der Waals surface area contributed by atoms with E-state index in [-0.39, 0.29) is 12.4 Å². The number of halogens is 1. The smallest absolute Gasteiger partial charge is 0.126 e. The Balaban J connectivity index is 0.00000112. The average molecular weight is 241 g/mol. The van der Waals surface area contributed by atoms with Crippen LogP contribution in [0.4, 0.5) is 0 Å². The molecule has 0 radical (unpaired) electrons. The number of hydrogen-bond donors (Lipinski definition) is 0. The Morgan fingerprint density at radius 1 is 1.07 bits per heavy atom. The molecule has 0 aliphatic carbocycles. The van der Waals surface area contributed by atoms with Gasteiger partial charge in [0.25, 0.3) is 0 Å². The quantitative estimate of drug-likeness (QED) is 0.659. The zero-order chi connectivity index (χ0) is 9.64. The molecule has 2 rings (SSSR count). The summed E-state index contributed by atoms with van der Waals surface area (Å²) in [7, 11) is 0.712. The lowest BCUT2D eigenvalue weighted by atomic mass is 10.2. The van der Waals surface area contributed by atoms with Crippen LogP contribution >= 0.6 is 0 Å². The van der Waals surface area contributed by atoms with E-state index in [2.05, 4.69) is 42.5 Å². The van der Waals surface area contributed by atoms with E-state index in [1.165, 1.54) is 35.7 Å². The lowest BCUT2D eigenvalue weighted by molar-refractivity contribution is -0.00000279. The summed E-state index contributed by atoms with van der Waals surface area (Å²) in [6.45, 7) is 0. The molecule has 1 aromatic carbocycles. The summed E-state index contributed by atoms with van der Waals surface area (Å²) in [5.41, 5.74) is 1.33. The van der Waals surface area contributed by atoms with Crippen LogP contribution in [0.15, 0.2) is 36.4 Å². The van der Waals surface area contributed by atoms with Crippen molar-refractivity contribution in [3.05, 3.63) is 42.0 Å². The van der Waals surface area contributed by atoms with Gasteiger partial charge in [-0.1, -0.05) is 36.4 Å².